The monoisotopic (exact) mass is 261 g/mol. The highest BCUT2D eigenvalue weighted by atomic mass is 16.5. The Bertz CT molecular complexity index is 492. The molecule has 1 heterocycles. The molecule has 0 atom stereocenters. The zero-order chi connectivity index (χ0) is 13.3. The first-order valence-corrected chi connectivity index (χ1v) is 6.86. The smallest absolute Gasteiger partial charge is 0.251 e. The topological polar surface area (TPSA) is 58.6 Å². The van der Waals surface area contributed by atoms with Gasteiger partial charge < -0.3 is 15.2 Å². The molecular weight excluding hydrogens is 242 g/mol. The van der Waals surface area contributed by atoms with E-state index in [2.05, 4.69) is 5.32 Å². The van der Waals surface area contributed by atoms with E-state index in [0.29, 0.717) is 25.3 Å². The zero-order valence-corrected chi connectivity index (χ0v) is 10.9. The van der Waals surface area contributed by atoms with Crippen LogP contribution >= 0.6 is 0 Å². The van der Waals surface area contributed by atoms with Crippen LogP contribution in [0.1, 0.15) is 47.2 Å². The van der Waals surface area contributed by atoms with Crippen molar-refractivity contribution in [1.82, 2.24) is 5.32 Å². The highest BCUT2D eigenvalue weighted by Crippen LogP contribution is 2.28. The Balaban J connectivity index is 1.64. The van der Waals surface area contributed by atoms with Crippen LogP contribution in [-0.4, -0.2) is 23.2 Å². The molecule has 2 N–H and O–H groups in total. The predicted molar refractivity (Wildman–Crippen MR) is 70.7 cm³/mol. The van der Waals surface area contributed by atoms with Crippen molar-refractivity contribution < 1.29 is 14.6 Å². The lowest BCUT2D eigenvalue weighted by molar-refractivity contribution is 0.0449. The van der Waals surface area contributed by atoms with Gasteiger partial charge in [0.25, 0.3) is 5.91 Å². The second kappa shape index (κ2) is 4.94. The number of fused-ring (bicyclic) bond motifs is 1. The van der Waals surface area contributed by atoms with Crippen molar-refractivity contribution in [2.75, 3.05) is 6.54 Å². The van der Waals surface area contributed by atoms with E-state index in [1.165, 1.54) is 0 Å². The average Bonchev–Trinajstić information content (AvgIpc) is 3.04. The van der Waals surface area contributed by atoms with Gasteiger partial charge in [0, 0.05) is 12.1 Å². The van der Waals surface area contributed by atoms with Gasteiger partial charge in [-0.2, -0.15) is 0 Å². The van der Waals surface area contributed by atoms with Crippen molar-refractivity contribution in [1.29, 1.82) is 0 Å². The molecule has 4 heteroatoms. The zero-order valence-electron chi connectivity index (χ0n) is 10.9. The van der Waals surface area contributed by atoms with Crippen LogP contribution < -0.4 is 5.32 Å². The first-order valence-electron chi connectivity index (χ1n) is 6.86. The van der Waals surface area contributed by atoms with Gasteiger partial charge in [-0.1, -0.05) is 18.9 Å². The van der Waals surface area contributed by atoms with Crippen LogP contribution in [-0.2, 0) is 18.0 Å². The molecule has 0 unspecified atom stereocenters. The third kappa shape index (κ3) is 2.65. The molecule has 0 bridgehead atoms. The highest BCUT2D eigenvalue weighted by molar-refractivity contribution is 5.94. The molecule has 0 spiro atoms. The Hall–Kier alpha value is -1.39. The molecule has 1 aliphatic heterocycles. The predicted octanol–water partition coefficient (Wildman–Crippen LogP) is 1.75. The minimum Gasteiger partial charge on any atom is -0.388 e. The Morgan fingerprint density at radius 2 is 2.00 bits per heavy atom. The summed E-state index contributed by atoms with van der Waals surface area (Å²) >= 11 is 0. The fourth-order valence-corrected chi connectivity index (χ4v) is 2.87. The van der Waals surface area contributed by atoms with Crippen LogP contribution in [0.2, 0.25) is 0 Å². The lowest BCUT2D eigenvalue weighted by Gasteiger charge is -2.22. The van der Waals surface area contributed by atoms with Crippen molar-refractivity contribution >= 4 is 5.91 Å². The first kappa shape index (κ1) is 12.6. The highest BCUT2D eigenvalue weighted by Gasteiger charge is 2.31. The first-order chi connectivity index (χ1) is 9.16. The summed E-state index contributed by atoms with van der Waals surface area (Å²) in [6.07, 6.45) is 3.65. The van der Waals surface area contributed by atoms with Gasteiger partial charge in [-0.3, -0.25) is 4.79 Å². The van der Waals surface area contributed by atoms with Crippen molar-refractivity contribution in [3.63, 3.8) is 0 Å². The summed E-state index contributed by atoms with van der Waals surface area (Å²) in [5.41, 5.74) is 2.19. The van der Waals surface area contributed by atoms with Crippen LogP contribution in [0.4, 0.5) is 0 Å². The van der Waals surface area contributed by atoms with Crippen molar-refractivity contribution in [3.05, 3.63) is 34.9 Å². The van der Waals surface area contributed by atoms with Crippen LogP contribution in [0.3, 0.4) is 0 Å². The van der Waals surface area contributed by atoms with Crippen LogP contribution in [0.25, 0.3) is 0 Å². The van der Waals surface area contributed by atoms with Crippen LogP contribution in [0.15, 0.2) is 18.2 Å². The summed E-state index contributed by atoms with van der Waals surface area (Å²) in [6, 6.07) is 5.65. The van der Waals surface area contributed by atoms with E-state index in [0.717, 1.165) is 36.8 Å². The molecule has 0 saturated heterocycles. The molecule has 0 radical (unpaired) electrons. The normalized spacial score (nSPS) is 20.3. The Morgan fingerprint density at radius 3 is 2.79 bits per heavy atom. The molecule has 1 aliphatic carbocycles. The van der Waals surface area contributed by atoms with Crippen molar-refractivity contribution in [3.8, 4) is 0 Å². The van der Waals surface area contributed by atoms with Gasteiger partial charge in [-0.15, -0.1) is 0 Å². The summed E-state index contributed by atoms with van der Waals surface area (Å²) in [4.78, 5) is 12.1. The van der Waals surface area contributed by atoms with Gasteiger partial charge in [0.05, 0.1) is 18.8 Å². The molecule has 1 saturated carbocycles. The van der Waals surface area contributed by atoms with Crippen molar-refractivity contribution in [2.45, 2.75) is 44.5 Å². The van der Waals surface area contributed by atoms with E-state index >= 15 is 0 Å². The van der Waals surface area contributed by atoms with E-state index in [1.807, 2.05) is 18.2 Å². The number of hydrogen-bond acceptors (Lipinski definition) is 3. The fourth-order valence-electron chi connectivity index (χ4n) is 2.87. The molecular formula is C15H19NO3. The van der Waals surface area contributed by atoms with E-state index in [9.17, 15) is 9.90 Å². The Labute approximate surface area is 112 Å². The maximum atomic E-state index is 12.1. The maximum absolute atomic E-state index is 12.1. The number of carbonyl (C=O) groups excluding carboxylic acids is 1. The maximum Gasteiger partial charge on any atom is 0.251 e. The summed E-state index contributed by atoms with van der Waals surface area (Å²) in [7, 11) is 0. The lowest BCUT2D eigenvalue weighted by Crippen LogP contribution is -2.40. The standard InChI is InChI=1S/C15H19NO3/c17-14(16-10-15(18)5-1-2-6-15)11-3-4-12-8-19-9-13(12)7-11/h3-4,7,18H,1-2,5-6,8-10H2,(H,16,17). The number of benzene rings is 1. The van der Waals surface area contributed by atoms with Gasteiger partial charge in [-0.05, 0) is 36.1 Å². The third-order valence-electron chi connectivity index (χ3n) is 4.10. The van der Waals surface area contributed by atoms with Gasteiger partial charge in [-0.25, -0.2) is 0 Å². The quantitative estimate of drug-likeness (QED) is 0.871. The molecule has 19 heavy (non-hydrogen) atoms. The molecule has 1 aromatic carbocycles. The number of amides is 1. The van der Waals surface area contributed by atoms with E-state index in [-0.39, 0.29) is 5.91 Å². The molecule has 4 nitrogen and oxygen atoms in total. The van der Waals surface area contributed by atoms with Gasteiger partial charge in [0.1, 0.15) is 0 Å². The van der Waals surface area contributed by atoms with Crippen molar-refractivity contribution in [2.24, 2.45) is 0 Å². The summed E-state index contributed by atoms with van der Waals surface area (Å²) in [6.45, 7) is 1.57. The number of aliphatic hydroxyl groups is 1. The minimum absolute atomic E-state index is 0.116. The minimum atomic E-state index is -0.699. The third-order valence-corrected chi connectivity index (χ3v) is 4.10. The molecule has 3 rings (SSSR count). The molecule has 0 aromatic heterocycles. The second-order valence-electron chi connectivity index (χ2n) is 5.59. The summed E-state index contributed by atoms with van der Waals surface area (Å²) in [5, 5.41) is 13.1. The number of rotatable bonds is 3. The average molecular weight is 261 g/mol. The van der Waals surface area contributed by atoms with E-state index < -0.39 is 5.60 Å². The van der Waals surface area contributed by atoms with E-state index in [4.69, 9.17) is 4.74 Å². The molecule has 102 valence electrons. The molecule has 1 aromatic rings. The SMILES string of the molecule is O=C(NCC1(O)CCCC1)c1ccc2c(c1)COC2. The second-order valence-corrected chi connectivity index (χ2v) is 5.59. The van der Waals surface area contributed by atoms with Crippen LogP contribution in [0.5, 0.6) is 0 Å². The fraction of sp³-hybridized carbons (Fsp3) is 0.533. The Morgan fingerprint density at radius 1 is 1.26 bits per heavy atom. The van der Waals surface area contributed by atoms with Crippen LogP contribution in [0, 0.1) is 0 Å². The largest absolute Gasteiger partial charge is 0.388 e. The lowest BCUT2D eigenvalue weighted by atomic mass is 10.0. The Kier molecular flexibility index (Phi) is 3.29. The number of hydrogen-bond donors (Lipinski definition) is 2. The number of nitrogens with one attached hydrogen (secondary N) is 1. The number of ether oxygens (including phenoxy) is 1. The summed E-state index contributed by atoms with van der Waals surface area (Å²) in [5.74, 6) is -0.116. The summed E-state index contributed by atoms with van der Waals surface area (Å²) < 4.78 is 5.34. The van der Waals surface area contributed by atoms with Gasteiger partial charge >= 0.3 is 0 Å². The van der Waals surface area contributed by atoms with Gasteiger partial charge in [0.2, 0.25) is 0 Å². The van der Waals surface area contributed by atoms with Gasteiger partial charge in [0.15, 0.2) is 0 Å². The van der Waals surface area contributed by atoms with E-state index in [1.54, 1.807) is 0 Å². The number of carbonyl (C=O) groups is 1. The molecule has 1 fully saturated rings. The molecule has 1 amide bonds. The molecule has 2 aliphatic rings.